The highest BCUT2D eigenvalue weighted by Gasteiger charge is 2.38. The van der Waals surface area contributed by atoms with Crippen molar-refractivity contribution in [1.29, 1.82) is 0 Å². The highest BCUT2D eigenvalue weighted by molar-refractivity contribution is 6.30. The lowest BCUT2D eigenvalue weighted by Gasteiger charge is -2.33. The number of nitro groups is 1. The van der Waals surface area contributed by atoms with Crippen LogP contribution in [-0.4, -0.2) is 72.5 Å². The van der Waals surface area contributed by atoms with Crippen molar-refractivity contribution in [3.05, 3.63) is 63.2 Å². The zero-order valence-electron chi connectivity index (χ0n) is 21.6. The molecule has 0 bridgehead atoms. The summed E-state index contributed by atoms with van der Waals surface area (Å²) in [6, 6.07) is 10.7. The van der Waals surface area contributed by atoms with Crippen molar-refractivity contribution in [2.75, 3.05) is 56.0 Å². The van der Waals surface area contributed by atoms with Crippen LogP contribution in [0.3, 0.4) is 0 Å². The number of rotatable bonds is 8. The second kappa shape index (κ2) is 14.0. The van der Waals surface area contributed by atoms with Gasteiger partial charge in [0.1, 0.15) is 5.56 Å². The van der Waals surface area contributed by atoms with Crippen molar-refractivity contribution in [2.24, 2.45) is 0 Å². The summed E-state index contributed by atoms with van der Waals surface area (Å²) in [4.78, 5) is 29.3. The molecule has 2 aromatic rings. The molecule has 2 aliphatic heterocycles. The SMILES string of the molecule is C.O=C(CCCN1CCCN(c2ccc(Cl)cc2)CC1)N1CCC(Nc2ccc([N+](=O)[O-])c(C(F)(F)F)c2)CC1. The van der Waals surface area contributed by atoms with Crippen LogP contribution in [0.1, 0.15) is 45.1 Å². The first-order valence-electron chi connectivity index (χ1n) is 13.2. The monoisotopic (exact) mass is 583 g/mol. The smallest absolute Gasteiger partial charge is 0.382 e. The molecule has 2 aromatic carbocycles. The number of hydrogen-bond donors (Lipinski definition) is 1. The zero-order valence-corrected chi connectivity index (χ0v) is 22.4. The van der Waals surface area contributed by atoms with Gasteiger partial charge in [-0.3, -0.25) is 14.9 Å². The Morgan fingerprint density at radius 1 is 1.02 bits per heavy atom. The molecule has 2 aliphatic rings. The molecule has 0 atom stereocenters. The molecule has 1 N–H and O–H groups in total. The van der Waals surface area contributed by atoms with Gasteiger partial charge >= 0.3 is 6.18 Å². The molecule has 0 aliphatic carbocycles. The third-order valence-electron chi connectivity index (χ3n) is 7.36. The van der Waals surface area contributed by atoms with Crippen molar-refractivity contribution in [2.45, 2.75) is 51.7 Å². The molecule has 8 nitrogen and oxygen atoms in total. The quantitative estimate of drug-likeness (QED) is 0.290. The lowest BCUT2D eigenvalue weighted by atomic mass is 10.0. The number of nitrogens with zero attached hydrogens (tertiary/aromatic N) is 4. The van der Waals surface area contributed by atoms with Crippen molar-refractivity contribution in [3.8, 4) is 0 Å². The number of carbonyl (C=O) groups is 1. The number of likely N-dealkylation sites (tertiary alicyclic amines) is 1. The van der Waals surface area contributed by atoms with Gasteiger partial charge in [0, 0.05) is 67.7 Å². The number of anilines is 2. The van der Waals surface area contributed by atoms with Gasteiger partial charge in [-0.15, -0.1) is 0 Å². The molecule has 40 heavy (non-hydrogen) atoms. The van der Waals surface area contributed by atoms with Crippen LogP contribution in [0, 0.1) is 10.1 Å². The molecule has 0 spiro atoms. The molecule has 2 heterocycles. The fraction of sp³-hybridized carbons (Fsp3) is 0.536. The summed E-state index contributed by atoms with van der Waals surface area (Å²) in [5.41, 5.74) is -0.881. The van der Waals surface area contributed by atoms with E-state index in [1.807, 2.05) is 29.2 Å². The number of carbonyl (C=O) groups excluding carboxylic acids is 1. The Kier molecular flexibility index (Phi) is 11.0. The van der Waals surface area contributed by atoms with Crippen molar-refractivity contribution in [3.63, 3.8) is 0 Å². The van der Waals surface area contributed by atoms with Crippen molar-refractivity contribution >= 4 is 34.6 Å². The van der Waals surface area contributed by atoms with Gasteiger partial charge in [0.2, 0.25) is 5.91 Å². The summed E-state index contributed by atoms with van der Waals surface area (Å²) in [7, 11) is 0. The number of halogens is 4. The van der Waals surface area contributed by atoms with Crippen LogP contribution in [0.15, 0.2) is 42.5 Å². The Balaban J connectivity index is 0.00000441. The highest BCUT2D eigenvalue weighted by atomic mass is 35.5. The van der Waals surface area contributed by atoms with E-state index in [0.717, 1.165) is 62.7 Å². The fourth-order valence-electron chi connectivity index (χ4n) is 5.24. The van der Waals surface area contributed by atoms with Gasteiger partial charge in [-0.2, -0.15) is 13.2 Å². The summed E-state index contributed by atoms with van der Waals surface area (Å²) < 4.78 is 39.8. The predicted molar refractivity (Wildman–Crippen MR) is 152 cm³/mol. The van der Waals surface area contributed by atoms with E-state index < -0.39 is 22.4 Å². The highest BCUT2D eigenvalue weighted by Crippen LogP contribution is 2.38. The zero-order chi connectivity index (χ0) is 28.0. The van der Waals surface area contributed by atoms with Gasteiger partial charge in [0.25, 0.3) is 5.69 Å². The molecule has 0 radical (unpaired) electrons. The molecule has 2 fully saturated rings. The summed E-state index contributed by atoms with van der Waals surface area (Å²) in [6.07, 6.45) is -1.34. The normalized spacial score (nSPS) is 17.2. The van der Waals surface area contributed by atoms with Crippen LogP contribution in [0.2, 0.25) is 5.02 Å². The maximum Gasteiger partial charge on any atom is 0.423 e. The van der Waals surface area contributed by atoms with Gasteiger partial charge in [0.15, 0.2) is 0 Å². The van der Waals surface area contributed by atoms with Crippen molar-refractivity contribution in [1.82, 2.24) is 9.80 Å². The van der Waals surface area contributed by atoms with E-state index >= 15 is 0 Å². The molecular formula is C28H37ClF3N5O3. The molecule has 0 saturated carbocycles. The van der Waals surface area contributed by atoms with Gasteiger partial charge < -0.3 is 20.0 Å². The summed E-state index contributed by atoms with van der Waals surface area (Å²) >= 11 is 6.00. The van der Waals surface area contributed by atoms with E-state index in [1.165, 1.54) is 11.8 Å². The summed E-state index contributed by atoms with van der Waals surface area (Å²) in [5, 5.41) is 14.7. The average molecular weight is 584 g/mol. The third kappa shape index (κ3) is 8.47. The van der Waals surface area contributed by atoms with Crippen LogP contribution >= 0.6 is 11.6 Å². The average Bonchev–Trinajstić information content (AvgIpc) is 3.14. The van der Waals surface area contributed by atoms with Crippen LogP contribution < -0.4 is 10.2 Å². The Labute approximate surface area is 238 Å². The molecular weight excluding hydrogens is 547 g/mol. The largest absolute Gasteiger partial charge is 0.423 e. The minimum atomic E-state index is -4.82. The molecule has 12 heteroatoms. The number of nitrogens with one attached hydrogen (secondary N) is 1. The molecule has 0 aromatic heterocycles. The van der Waals surface area contributed by atoms with E-state index in [1.54, 1.807) is 0 Å². The second-order valence-electron chi connectivity index (χ2n) is 10.0. The standard InChI is InChI=1S/C27H33ClF3N5O3.CH4/c28-20-4-7-23(8-5-20)34-14-2-13-33(17-18-34)12-1-3-26(37)35-15-10-21(11-16-35)32-22-6-9-25(36(38)39)24(19-22)27(29,30)31;/h4-9,19,21,32H,1-3,10-18H2;1H4. The topological polar surface area (TPSA) is 82.0 Å². The Hall–Kier alpha value is -3.05. The number of nitro benzene ring substituents is 1. The number of alkyl halides is 3. The van der Waals surface area contributed by atoms with Crippen molar-refractivity contribution < 1.29 is 22.9 Å². The number of hydrogen-bond acceptors (Lipinski definition) is 6. The summed E-state index contributed by atoms with van der Waals surface area (Å²) in [6.45, 7) is 5.75. The first-order chi connectivity index (χ1) is 18.6. The predicted octanol–water partition coefficient (Wildman–Crippen LogP) is 6.30. The Morgan fingerprint density at radius 2 is 1.73 bits per heavy atom. The van der Waals surface area contributed by atoms with E-state index in [2.05, 4.69) is 15.1 Å². The fourth-order valence-corrected chi connectivity index (χ4v) is 5.36. The Bertz CT molecular complexity index is 1140. The third-order valence-corrected chi connectivity index (χ3v) is 7.61. The van der Waals surface area contributed by atoms with Gasteiger partial charge in [-0.1, -0.05) is 19.0 Å². The minimum Gasteiger partial charge on any atom is -0.382 e. The van der Waals surface area contributed by atoms with E-state index in [-0.39, 0.29) is 25.1 Å². The van der Waals surface area contributed by atoms with Crippen LogP contribution in [0.25, 0.3) is 0 Å². The van der Waals surface area contributed by atoms with Crippen LogP contribution in [0.5, 0.6) is 0 Å². The molecule has 220 valence electrons. The number of piperidine rings is 1. The molecule has 0 unspecified atom stereocenters. The maximum atomic E-state index is 13.3. The first-order valence-corrected chi connectivity index (χ1v) is 13.6. The van der Waals surface area contributed by atoms with Gasteiger partial charge in [0.05, 0.1) is 4.92 Å². The summed E-state index contributed by atoms with van der Waals surface area (Å²) in [5.74, 6) is 0.0979. The van der Waals surface area contributed by atoms with Crippen LogP contribution in [0.4, 0.5) is 30.2 Å². The second-order valence-corrected chi connectivity index (χ2v) is 10.5. The lowest BCUT2D eigenvalue weighted by Crippen LogP contribution is -2.42. The Morgan fingerprint density at radius 3 is 2.38 bits per heavy atom. The molecule has 4 rings (SSSR count). The van der Waals surface area contributed by atoms with Gasteiger partial charge in [-0.25, -0.2) is 0 Å². The molecule has 1 amide bonds. The minimum absolute atomic E-state index is 0. The van der Waals surface area contributed by atoms with E-state index in [9.17, 15) is 28.1 Å². The first kappa shape index (κ1) is 31.5. The van der Waals surface area contributed by atoms with E-state index in [4.69, 9.17) is 11.6 Å². The maximum absolute atomic E-state index is 13.3. The van der Waals surface area contributed by atoms with Gasteiger partial charge in [-0.05, 0) is 75.2 Å². The lowest BCUT2D eigenvalue weighted by molar-refractivity contribution is -0.388. The van der Waals surface area contributed by atoms with Crippen LogP contribution in [-0.2, 0) is 11.0 Å². The number of benzene rings is 2. The molecule has 2 saturated heterocycles. The van der Waals surface area contributed by atoms with E-state index in [0.29, 0.717) is 32.4 Å². The number of amides is 1.